The third-order valence-corrected chi connectivity index (χ3v) is 4.17. The average molecular weight is 264 g/mol. The molecule has 0 aliphatic carbocycles. The fraction of sp³-hybridized carbons (Fsp3) is 0.263. The topological polar surface area (TPSA) is 20.2 Å². The van der Waals surface area contributed by atoms with E-state index in [0.717, 1.165) is 0 Å². The lowest BCUT2D eigenvalue weighted by Crippen LogP contribution is -1.97. The van der Waals surface area contributed by atoms with Crippen molar-refractivity contribution >= 4 is 21.5 Å². The van der Waals surface area contributed by atoms with E-state index in [4.69, 9.17) is 0 Å². The number of rotatable bonds is 2. The van der Waals surface area contributed by atoms with Crippen molar-refractivity contribution in [2.75, 3.05) is 6.61 Å². The van der Waals surface area contributed by atoms with E-state index < -0.39 is 0 Å². The predicted molar refractivity (Wildman–Crippen MR) is 86.5 cm³/mol. The van der Waals surface area contributed by atoms with E-state index in [1.807, 2.05) is 0 Å². The van der Waals surface area contributed by atoms with Gasteiger partial charge in [0.1, 0.15) is 0 Å². The number of aliphatic hydroxyl groups is 1. The number of aryl methyl sites for hydroxylation is 3. The Balaban J connectivity index is 2.54. The van der Waals surface area contributed by atoms with E-state index >= 15 is 0 Å². The Labute approximate surface area is 119 Å². The van der Waals surface area contributed by atoms with Gasteiger partial charge < -0.3 is 5.11 Å². The van der Waals surface area contributed by atoms with Gasteiger partial charge in [-0.3, -0.25) is 0 Å². The van der Waals surface area contributed by atoms with Crippen LogP contribution in [0.4, 0.5) is 0 Å². The molecular formula is C19H20O. The van der Waals surface area contributed by atoms with Gasteiger partial charge in [-0.1, -0.05) is 47.5 Å². The van der Waals surface area contributed by atoms with Gasteiger partial charge in [0.25, 0.3) is 0 Å². The molecule has 0 aliphatic rings. The van der Waals surface area contributed by atoms with Crippen LogP contribution < -0.4 is 0 Å². The minimum absolute atomic E-state index is 0.190. The number of fused-ring (bicyclic) bond motifs is 2. The fourth-order valence-corrected chi connectivity index (χ4v) is 3.14. The number of hydrogen-bond acceptors (Lipinski definition) is 1. The second-order valence-corrected chi connectivity index (χ2v) is 5.68. The summed E-state index contributed by atoms with van der Waals surface area (Å²) in [5.41, 5.74) is 5.15. The minimum atomic E-state index is 0.190. The summed E-state index contributed by atoms with van der Waals surface area (Å²) in [4.78, 5) is 0. The molecule has 0 aromatic heterocycles. The van der Waals surface area contributed by atoms with Gasteiger partial charge in [0.2, 0.25) is 0 Å². The maximum atomic E-state index is 9.43. The maximum absolute atomic E-state index is 9.43. The molecule has 0 saturated carbocycles. The normalized spacial score (nSPS) is 11.4. The molecule has 3 aromatic carbocycles. The number of aliphatic hydroxyl groups excluding tert-OH is 1. The molecule has 0 spiro atoms. The second-order valence-electron chi connectivity index (χ2n) is 5.68. The Morgan fingerprint density at radius 1 is 0.750 bits per heavy atom. The van der Waals surface area contributed by atoms with Crippen molar-refractivity contribution in [2.24, 2.45) is 0 Å². The molecule has 0 radical (unpaired) electrons. The highest BCUT2D eigenvalue weighted by atomic mass is 16.2. The second kappa shape index (κ2) is 4.92. The van der Waals surface area contributed by atoms with E-state index in [9.17, 15) is 5.11 Å². The molecule has 3 aromatic rings. The predicted octanol–water partition coefficient (Wildman–Crippen LogP) is 4.45. The van der Waals surface area contributed by atoms with Crippen LogP contribution >= 0.6 is 0 Å². The monoisotopic (exact) mass is 264 g/mol. The van der Waals surface area contributed by atoms with Crippen LogP contribution in [0.1, 0.15) is 22.3 Å². The van der Waals surface area contributed by atoms with Crippen LogP contribution in [0.25, 0.3) is 21.5 Å². The highest BCUT2D eigenvalue weighted by molar-refractivity contribution is 6.06. The van der Waals surface area contributed by atoms with Gasteiger partial charge in [-0.25, -0.2) is 0 Å². The van der Waals surface area contributed by atoms with Gasteiger partial charge >= 0.3 is 0 Å². The largest absolute Gasteiger partial charge is 0.396 e. The van der Waals surface area contributed by atoms with Gasteiger partial charge in [0, 0.05) is 6.61 Å². The fourth-order valence-electron chi connectivity index (χ4n) is 3.14. The van der Waals surface area contributed by atoms with Gasteiger partial charge in [-0.05, 0) is 59.9 Å². The molecule has 1 nitrogen and oxygen atoms in total. The van der Waals surface area contributed by atoms with Crippen LogP contribution in [0.2, 0.25) is 0 Å². The van der Waals surface area contributed by atoms with Crippen LogP contribution in [0.3, 0.4) is 0 Å². The summed E-state index contributed by atoms with van der Waals surface area (Å²) in [6, 6.07) is 13.2. The molecule has 0 amide bonds. The van der Waals surface area contributed by atoms with E-state index in [2.05, 4.69) is 57.2 Å². The quantitative estimate of drug-likeness (QED) is 0.678. The third kappa shape index (κ3) is 1.99. The molecule has 20 heavy (non-hydrogen) atoms. The van der Waals surface area contributed by atoms with Crippen molar-refractivity contribution in [3.63, 3.8) is 0 Å². The lowest BCUT2D eigenvalue weighted by Gasteiger charge is -2.15. The summed E-state index contributed by atoms with van der Waals surface area (Å²) < 4.78 is 0. The summed E-state index contributed by atoms with van der Waals surface area (Å²) in [6.45, 7) is 6.64. The molecule has 0 fully saturated rings. The Bertz CT molecular complexity index is 800. The minimum Gasteiger partial charge on any atom is -0.396 e. The summed E-state index contributed by atoms with van der Waals surface area (Å²) >= 11 is 0. The number of hydrogen-bond donors (Lipinski definition) is 1. The molecule has 1 N–H and O–H groups in total. The van der Waals surface area contributed by atoms with E-state index in [1.54, 1.807) is 0 Å². The molecule has 3 rings (SSSR count). The first-order valence-corrected chi connectivity index (χ1v) is 7.15. The Hall–Kier alpha value is -1.86. The summed E-state index contributed by atoms with van der Waals surface area (Å²) in [6.07, 6.45) is 0.708. The maximum Gasteiger partial charge on any atom is 0.0471 e. The Morgan fingerprint density at radius 2 is 1.35 bits per heavy atom. The van der Waals surface area contributed by atoms with Crippen LogP contribution in [0.15, 0.2) is 36.4 Å². The van der Waals surface area contributed by atoms with Gasteiger partial charge in [-0.2, -0.15) is 0 Å². The Kier molecular flexibility index (Phi) is 3.23. The zero-order valence-corrected chi connectivity index (χ0v) is 12.3. The van der Waals surface area contributed by atoms with Crippen molar-refractivity contribution < 1.29 is 5.11 Å². The van der Waals surface area contributed by atoms with Crippen LogP contribution in [-0.4, -0.2) is 11.7 Å². The Morgan fingerprint density at radius 3 is 2.00 bits per heavy atom. The van der Waals surface area contributed by atoms with Crippen molar-refractivity contribution in [2.45, 2.75) is 27.2 Å². The molecule has 0 bridgehead atoms. The molecule has 0 heterocycles. The summed E-state index contributed by atoms with van der Waals surface area (Å²) in [5, 5.41) is 14.6. The first kappa shape index (κ1) is 13.1. The van der Waals surface area contributed by atoms with E-state index in [0.29, 0.717) is 6.42 Å². The molecule has 0 saturated heterocycles. The molecule has 0 atom stereocenters. The van der Waals surface area contributed by atoms with Crippen LogP contribution in [0, 0.1) is 20.8 Å². The smallest absolute Gasteiger partial charge is 0.0471 e. The molecule has 102 valence electrons. The first-order chi connectivity index (χ1) is 9.61. The van der Waals surface area contributed by atoms with Crippen molar-refractivity contribution in [3.8, 4) is 0 Å². The zero-order chi connectivity index (χ0) is 14.3. The van der Waals surface area contributed by atoms with Crippen LogP contribution in [0.5, 0.6) is 0 Å². The highest BCUT2D eigenvalue weighted by Crippen LogP contribution is 2.33. The van der Waals surface area contributed by atoms with Crippen molar-refractivity contribution in [1.82, 2.24) is 0 Å². The lowest BCUT2D eigenvalue weighted by atomic mass is 9.89. The third-order valence-electron chi connectivity index (χ3n) is 4.17. The standard InChI is InChI=1S/C19H20O/c1-12-5-7-16-17(8-9-20)19-11-13(2)4-6-15(19)14(3)18(16)10-12/h4-7,10-11,20H,8-9H2,1-3H3. The SMILES string of the molecule is Cc1ccc2c(CCO)c3cc(C)ccc3c(C)c2c1. The number of benzene rings is 3. The van der Waals surface area contributed by atoms with Gasteiger partial charge in [0.05, 0.1) is 0 Å². The van der Waals surface area contributed by atoms with Crippen molar-refractivity contribution in [3.05, 3.63) is 58.7 Å². The summed E-state index contributed by atoms with van der Waals surface area (Å²) in [5.74, 6) is 0. The molecule has 1 heteroatoms. The van der Waals surface area contributed by atoms with Crippen LogP contribution in [-0.2, 0) is 6.42 Å². The lowest BCUT2D eigenvalue weighted by molar-refractivity contribution is 0.300. The summed E-state index contributed by atoms with van der Waals surface area (Å²) in [7, 11) is 0. The highest BCUT2D eigenvalue weighted by Gasteiger charge is 2.11. The first-order valence-electron chi connectivity index (χ1n) is 7.15. The van der Waals surface area contributed by atoms with E-state index in [-0.39, 0.29) is 6.61 Å². The van der Waals surface area contributed by atoms with E-state index in [1.165, 1.54) is 43.8 Å². The average Bonchev–Trinajstić information content (AvgIpc) is 2.43. The van der Waals surface area contributed by atoms with Gasteiger partial charge in [-0.15, -0.1) is 0 Å². The molecule has 0 aliphatic heterocycles. The van der Waals surface area contributed by atoms with Gasteiger partial charge in [0.15, 0.2) is 0 Å². The zero-order valence-electron chi connectivity index (χ0n) is 12.3. The molecule has 0 unspecified atom stereocenters. The van der Waals surface area contributed by atoms with Crippen molar-refractivity contribution in [1.29, 1.82) is 0 Å². The molecular weight excluding hydrogens is 244 g/mol.